The van der Waals surface area contributed by atoms with E-state index in [1.807, 2.05) is 0 Å². The first-order valence-electron chi connectivity index (χ1n) is 5.80. The Bertz CT molecular complexity index is 378. The van der Waals surface area contributed by atoms with Gasteiger partial charge in [-0.3, -0.25) is 0 Å². The van der Waals surface area contributed by atoms with Gasteiger partial charge < -0.3 is 15.8 Å². The molecule has 0 saturated carbocycles. The summed E-state index contributed by atoms with van der Waals surface area (Å²) in [5.41, 5.74) is 4.67. The Morgan fingerprint density at radius 1 is 1.71 bits per heavy atom. The van der Waals surface area contributed by atoms with Crippen LogP contribution in [0, 0.1) is 0 Å². The van der Waals surface area contributed by atoms with Crippen molar-refractivity contribution < 1.29 is 9.13 Å². The molecule has 1 aromatic rings. The lowest BCUT2D eigenvalue weighted by Gasteiger charge is -2.30. The zero-order valence-corrected chi connectivity index (χ0v) is 9.95. The topological polar surface area (TPSA) is 60.2 Å². The number of morpholine rings is 1. The van der Waals surface area contributed by atoms with Crippen LogP contribution in [0.4, 0.5) is 10.2 Å². The predicted octanol–water partition coefficient (Wildman–Crippen LogP) is 1.23. The maximum Gasteiger partial charge on any atom is 0.138 e. The third kappa shape index (κ3) is 2.92. The summed E-state index contributed by atoms with van der Waals surface area (Å²) >= 11 is 0. The van der Waals surface area contributed by atoms with Gasteiger partial charge in [0.2, 0.25) is 0 Å². The van der Waals surface area contributed by atoms with E-state index in [1.54, 1.807) is 18.3 Å². The molecule has 1 aromatic heterocycles. The molecule has 2 atom stereocenters. The highest BCUT2D eigenvalue weighted by atomic mass is 19.1. The number of alkyl halides is 1. The highest BCUT2D eigenvalue weighted by Crippen LogP contribution is 2.33. The number of halogens is 1. The lowest BCUT2D eigenvalue weighted by molar-refractivity contribution is 0.0476. The Hall–Kier alpha value is -1.20. The van der Waals surface area contributed by atoms with Gasteiger partial charge in [0.15, 0.2) is 0 Å². The van der Waals surface area contributed by atoms with E-state index in [4.69, 9.17) is 10.5 Å². The van der Waals surface area contributed by atoms with Crippen molar-refractivity contribution in [2.24, 2.45) is 0 Å². The number of nitrogens with two attached hydrogens (primary N) is 1. The van der Waals surface area contributed by atoms with Crippen LogP contribution in [-0.2, 0) is 10.4 Å². The quantitative estimate of drug-likeness (QED) is 0.832. The third-order valence-corrected chi connectivity index (χ3v) is 3.03. The normalized spacial score (nSPS) is 24.2. The van der Waals surface area contributed by atoms with Gasteiger partial charge in [-0.1, -0.05) is 6.07 Å². The standard InChI is InChI=1S/C12H18FN3O/c1-12(13,7-9-8-17-6-5-15-9)10-3-2-4-16-11(10)14/h2-4,9,15H,5-8H2,1H3,(H2,14,16). The van der Waals surface area contributed by atoms with Gasteiger partial charge in [-0.25, -0.2) is 9.37 Å². The van der Waals surface area contributed by atoms with Crippen molar-refractivity contribution in [2.45, 2.75) is 25.1 Å². The molecule has 1 fully saturated rings. The molecule has 2 rings (SSSR count). The lowest BCUT2D eigenvalue weighted by atomic mass is 9.91. The van der Waals surface area contributed by atoms with E-state index in [0.717, 1.165) is 6.54 Å². The van der Waals surface area contributed by atoms with Crippen LogP contribution in [0.2, 0.25) is 0 Å². The number of aromatic nitrogens is 1. The van der Waals surface area contributed by atoms with Crippen LogP contribution in [0.1, 0.15) is 18.9 Å². The number of hydrogen-bond acceptors (Lipinski definition) is 4. The van der Waals surface area contributed by atoms with E-state index in [9.17, 15) is 4.39 Å². The second-order valence-corrected chi connectivity index (χ2v) is 4.56. The van der Waals surface area contributed by atoms with Crippen LogP contribution in [0.5, 0.6) is 0 Å². The zero-order valence-electron chi connectivity index (χ0n) is 9.95. The van der Waals surface area contributed by atoms with E-state index in [2.05, 4.69) is 10.3 Å². The number of hydrogen-bond donors (Lipinski definition) is 2. The first-order valence-corrected chi connectivity index (χ1v) is 5.80. The van der Waals surface area contributed by atoms with Crippen molar-refractivity contribution >= 4 is 5.82 Å². The number of nitrogen functional groups attached to an aromatic ring is 1. The SMILES string of the molecule is CC(F)(CC1COCCN1)c1cccnc1N. The molecule has 0 spiro atoms. The van der Waals surface area contributed by atoms with Crippen LogP contribution < -0.4 is 11.1 Å². The Morgan fingerprint density at radius 3 is 3.18 bits per heavy atom. The Morgan fingerprint density at radius 2 is 2.53 bits per heavy atom. The van der Waals surface area contributed by atoms with Gasteiger partial charge in [-0.05, 0) is 13.0 Å². The summed E-state index contributed by atoms with van der Waals surface area (Å²) in [6.07, 6.45) is 1.90. The monoisotopic (exact) mass is 239 g/mol. The van der Waals surface area contributed by atoms with Gasteiger partial charge >= 0.3 is 0 Å². The summed E-state index contributed by atoms with van der Waals surface area (Å²) in [7, 11) is 0. The second-order valence-electron chi connectivity index (χ2n) is 4.56. The molecule has 0 bridgehead atoms. The average molecular weight is 239 g/mol. The third-order valence-electron chi connectivity index (χ3n) is 3.03. The van der Waals surface area contributed by atoms with Crippen LogP contribution in [0.15, 0.2) is 18.3 Å². The molecule has 0 aromatic carbocycles. The molecule has 0 aliphatic carbocycles. The van der Waals surface area contributed by atoms with Crippen molar-refractivity contribution in [3.05, 3.63) is 23.9 Å². The zero-order chi connectivity index (χ0) is 12.3. The maximum absolute atomic E-state index is 14.7. The number of anilines is 1. The van der Waals surface area contributed by atoms with Crippen molar-refractivity contribution in [1.82, 2.24) is 10.3 Å². The summed E-state index contributed by atoms with van der Waals surface area (Å²) in [5.74, 6) is 0.259. The molecule has 0 radical (unpaired) electrons. The molecule has 17 heavy (non-hydrogen) atoms. The van der Waals surface area contributed by atoms with E-state index in [0.29, 0.717) is 25.2 Å². The lowest BCUT2D eigenvalue weighted by Crippen LogP contribution is -2.44. The first kappa shape index (κ1) is 12.3. The minimum Gasteiger partial charge on any atom is -0.383 e. The molecule has 5 heteroatoms. The number of nitrogens with one attached hydrogen (secondary N) is 1. The van der Waals surface area contributed by atoms with E-state index in [-0.39, 0.29) is 11.9 Å². The molecule has 2 heterocycles. The number of rotatable bonds is 3. The van der Waals surface area contributed by atoms with E-state index in [1.165, 1.54) is 6.92 Å². The summed E-state index contributed by atoms with van der Waals surface area (Å²) in [5, 5.41) is 3.24. The fraction of sp³-hybridized carbons (Fsp3) is 0.583. The van der Waals surface area contributed by atoms with Gasteiger partial charge in [0.25, 0.3) is 0 Å². The predicted molar refractivity (Wildman–Crippen MR) is 64.3 cm³/mol. The van der Waals surface area contributed by atoms with Crippen LogP contribution in [-0.4, -0.2) is 30.8 Å². The van der Waals surface area contributed by atoms with Gasteiger partial charge in [0.05, 0.1) is 13.2 Å². The van der Waals surface area contributed by atoms with Gasteiger partial charge in [0.1, 0.15) is 11.5 Å². The molecule has 0 amide bonds. The minimum atomic E-state index is -1.49. The number of pyridine rings is 1. The van der Waals surface area contributed by atoms with Crippen molar-refractivity contribution in [1.29, 1.82) is 0 Å². The number of nitrogens with zero attached hydrogens (tertiary/aromatic N) is 1. The fourth-order valence-electron chi connectivity index (χ4n) is 2.18. The summed E-state index contributed by atoms with van der Waals surface area (Å²) in [6.45, 7) is 3.54. The Balaban J connectivity index is 2.10. The molecule has 1 saturated heterocycles. The minimum absolute atomic E-state index is 0.0263. The summed E-state index contributed by atoms with van der Waals surface area (Å²) in [4.78, 5) is 3.92. The molecular formula is C12H18FN3O. The molecule has 94 valence electrons. The molecular weight excluding hydrogens is 221 g/mol. The highest BCUT2D eigenvalue weighted by molar-refractivity contribution is 5.42. The van der Waals surface area contributed by atoms with Gasteiger partial charge in [-0.2, -0.15) is 0 Å². The molecule has 1 aliphatic heterocycles. The fourth-order valence-corrected chi connectivity index (χ4v) is 2.18. The van der Waals surface area contributed by atoms with Gasteiger partial charge in [-0.15, -0.1) is 0 Å². The molecule has 3 N–H and O–H groups in total. The van der Waals surface area contributed by atoms with E-state index >= 15 is 0 Å². The Labute approximate surface area is 100 Å². The van der Waals surface area contributed by atoms with Crippen LogP contribution in [0.3, 0.4) is 0 Å². The second kappa shape index (κ2) is 4.98. The summed E-state index contributed by atoms with van der Waals surface area (Å²) in [6, 6.07) is 3.42. The van der Waals surface area contributed by atoms with Gasteiger partial charge in [0, 0.05) is 30.8 Å². The first-order chi connectivity index (χ1) is 8.09. The smallest absolute Gasteiger partial charge is 0.138 e. The molecule has 1 aliphatic rings. The molecule has 2 unspecified atom stereocenters. The van der Waals surface area contributed by atoms with Crippen molar-refractivity contribution in [3.8, 4) is 0 Å². The largest absolute Gasteiger partial charge is 0.383 e. The summed E-state index contributed by atoms with van der Waals surface area (Å²) < 4.78 is 20.0. The molecule has 4 nitrogen and oxygen atoms in total. The van der Waals surface area contributed by atoms with Crippen LogP contribution >= 0.6 is 0 Å². The van der Waals surface area contributed by atoms with Crippen molar-refractivity contribution in [3.63, 3.8) is 0 Å². The van der Waals surface area contributed by atoms with E-state index < -0.39 is 5.67 Å². The number of ether oxygens (including phenoxy) is 1. The average Bonchev–Trinajstić information content (AvgIpc) is 2.30. The van der Waals surface area contributed by atoms with Crippen molar-refractivity contribution in [2.75, 3.05) is 25.5 Å². The van der Waals surface area contributed by atoms with Crippen LogP contribution in [0.25, 0.3) is 0 Å². The Kier molecular flexibility index (Phi) is 3.59. The maximum atomic E-state index is 14.7. The highest BCUT2D eigenvalue weighted by Gasteiger charge is 2.32.